The van der Waals surface area contributed by atoms with Crippen LogP contribution in [-0.2, 0) is 11.0 Å². The normalized spacial score (nSPS) is 12.6. The molecule has 0 aliphatic carbocycles. The number of carboxylic acid groups (broad SMARTS) is 1. The lowest BCUT2D eigenvalue weighted by molar-refractivity contribution is -0.137. The molecule has 0 amide bonds. The summed E-state index contributed by atoms with van der Waals surface area (Å²) in [5, 5.41) is 8.72. The van der Waals surface area contributed by atoms with Crippen molar-refractivity contribution in [1.82, 2.24) is 0 Å². The Bertz CT molecular complexity index is 789. The van der Waals surface area contributed by atoms with E-state index in [1.807, 2.05) is 30.5 Å². The number of hydrogen-bond acceptors (Lipinski definition) is 2. The van der Waals surface area contributed by atoms with E-state index in [0.29, 0.717) is 11.1 Å². The molecule has 2 aromatic rings. The van der Waals surface area contributed by atoms with E-state index in [-0.39, 0.29) is 0 Å². The molecule has 0 fully saturated rings. The number of thioether (sulfide) groups is 1. The summed E-state index contributed by atoms with van der Waals surface area (Å²) in [5.74, 6) is -1.10. The van der Waals surface area contributed by atoms with Crippen molar-refractivity contribution in [3.63, 3.8) is 0 Å². The molecule has 130 valence electrons. The number of benzene rings is 2. The van der Waals surface area contributed by atoms with E-state index in [1.54, 1.807) is 17.8 Å². The number of aliphatic carboxylic acids is 1. The van der Waals surface area contributed by atoms with Crippen molar-refractivity contribution in [2.24, 2.45) is 0 Å². The molecule has 1 N–H and O–H groups in total. The van der Waals surface area contributed by atoms with Crippen LogP contribution >= 0.6 is 11.8 Å². The number of carboxylic acids is 1. The molecule has 0 bridgehead atoms. The largest absolute Gasteiger partial charge is 0.478 e. The fraction of sp³-hybridized carbons (Fsp3) is 0.105. The second kappa shape index (κ2) is 8.07. The first kappa shape index (κ1) is 18.9. The van der Waals surface area contributed by atoms with Gasteiger partial charge in [-0.3, -0.25) is 0 Å². The van der Waals surface area contributed by atoms with Crippen LogP contribution in [0, 0.1) is 0 Å². The number of hydrogen-bond donors (Lipinski definition) is 1. The summed E-state index contributed by atoms with van der Waals surface area (Å²) < 4.78 is 38.2. The number of rotatable bonds is 5. The Morgan fingerprint density at radius 2 is 1.52 bits per heavy atom. The van der Waals surface area contributed by atoms with E-state index in [9.17, 15) is 18.0 Å². The Balaban J connectivity index is 2.45. The minimum atomic E-state index is -4.40. The first-order valence-electron chi connectivity index (χ1n) is 7.24. The third-order valence-electron chi connectivity index (χ3n) is 3.43. The monoisotopic (exact) mass is 364 g/mol. The van der Waals surface area contributed by atoms with Crippen LogP contribution < -0.4 is 0 Å². The van der Waals surface area contributed by atoms with Crippen LogP contribution in [0.1, 0.15) is 16.7 Å². The molecule has 2 aromatic carbocycles. The maximum Gasteiger partial charge on any atom is 0.416 e. The highest BCUT2D eigenvalue weighted by atomic mass is 32.2. The van der Waals surface area contributed by atoms with E-state index >= 15 is 0 Å². The van der Waals surface area contributed by atoms with Gasteiger partial charge in [0.25, 0.3) is 0 Å². The average Bonchev–Trinajstić information content (AvgIpc) is 2.58. The van der Waals surface area contributed by atoms with Gasteiger partial charge in [-0.15, -0.1) is 11.8 Å². The molecule has 0 saturated carbocycles. The van der Waals surface area contributed by atoms with Crippen molar-refractivity contribution >= 4 is 23.3 Å². The topological polar surface area (TPSA) is 37.3 Å². The van der Waals surface area contributed by atoms with Gasteiger partial charge in [-0.25, -0.2) is 4.79 Å². The quantitative estimate of drug-likeness (QED) is 0.432. The Morgan fingerprint density at radius 1 is 1.00 bits per heavy atom. The molecule has 0 aliphatic rings. The number of carbonyl (C=O) groups is 1. The van der Waals surface area contributed by atoms with E-state index in [4.69, 9.17) is 5.11 Å². The van der Waals surface area contributed by atoms with Crippen molar-refractivity contribution in [2.45, 2.75) is 11.1 Å². The average molecular weight is 364 g/mol. The summed E-state index contributed by atoms with van der Waals surface area (Å²) in [7, 11) is 0. The highest BCUT2D eigenvalue weighted by Gasteiger charge is 2.30. The van der Waals surface area contributed by atoms with Crippen molar-refractivity contribution < 1.29 is 23.1 Å². The molecule has 0 atom stereocenters. The number of halogens is 3. The summed E-state index contributed by atoms with van der Waals surface area (Å²) in [4.78, 5) is 11.7. The fourth-order valence-electron chi connectivity index (χ4n) is 2.20. The first-order chi connectivity index (χ1) is 11.8. The third-order valence-corrected chi connectivity index (χ3v) is 4.17. The Kier molecular flexibility index (Phi) is 6.09. The molecule has 0 saturated heterocycles. The van der Waals surface area contributed by atoms with Gasteiger partial charge in [0.15, 0.2) is 0 Å². The van der Waals surface area contributed by atoms with Gasteiger partial charge in [0.05, 0.1) is 5.56 Å². The molecule has 0 heterocycles. The summed E-state index contributed by atoms with van der Waals surface area (Å²) in [6.45, 7) is 0. The van der Waals surface area contributed by atoms with Crippen LogP contribution in [0.4, 0.5) is 13.2 Å². The zero-order chi connectivity index (χ0) is 18.4. The van der Waals surface area contributed by atoms with Crippen LogP contribution in [0.3, 0.4) is 0 Å². The predicted octanol–water partition coefficient (Wildman–Crippen LogP) is 5.50. The van der Waals surface area contributed by atoms with E-state index in [1.165, 1.54) is 18.2 Å². The second-order valence-electron chi connectivity index (χ2n) is 5.08. The van der Waals surface area contributed by atoms with Crippen molar-refractivity contribution in [3.8, 4) is 0 Å². The van der Waals surface area contributed by atoms with Gasteiger partial charge in [0.1, 0.15) is 0 Å². The summed E-state index contributed by atoms with van der Waals surface area (Å²) in [6, 6.07) is 12.3. The molecule has 0 radical (unpaired) electrons. The van der Waals surface area contributed by atoms with Gasteiger partial charge in [0.2, 0.25) is 0 Å². The summed E-state index contributed by atoms with van der Waals surface area (Å²) in [6.07, 6.45) is 1.45. The third kappa shape index (κ3) is 5.26. The van der Waals surface area contributed by atoms with E-state index in [2.05, 4.69) is 0 Å². The van der Waals surface area contributed by atoms with E-state index in [0.717, 1.165) is 28.7 Å². The van der Waals surface area contributed by atoms with Crippen LogP contribution in [0.15, 0.2) is 71.7 Å². The summed E-state index contributed by atoms with van der Waals surface area (Å²) in [5.41, 5.74) is 1.26. The van der Waals surface area contributed by atoms with Crippen LogP contribution in [0.5, 0.6) is 0 Å². The fourth-order valence-corrected chi connectivity index (χ4v) is 2.60. The first-order valence-corrected chi connectivity index (χ1v) is 8.47. The molecule has 0 aromatic heterocycles. The van der Waals surface area contributed by atoms with Crippen molar-refractivity contribution in [2.75, 3.05) is 6.26 Å². The maximum atomic E-state index is 12.7. The van der Waals surface area contributed by atoms with Gasteiger partial charge in [-0.05, 0) is 47.2 Å². The highest BCUT2D eigenvalue weighted by Crippen LogP contribution is 2.31. The lowest BCUT2D eigenvalue weighted by Gasteiger charge is -2.11. The Labute approximate surface area is 147 Å². The van der Waals surface area contributed by atoms with Crippen LogP contribution in [0.25, 0.3) is 5.57 Å². The molecule has 0 spiro atoms. The molecule has 2 nitrogen and oxygen atoms in total. The molecule has 25 heavy (non-hydrogen) atoms. The zero-order valence-corrected chi connectivity index (χ0v) is 14.1. The Morgan fingerprint density at radius 3 is 1.96 bits per heavy atom. The number of allylic oxidation sites excluding steroid dienone is 2. The lowest BCUT2D eigenvalue weighted by atomic mass is 9.96. The van der Waals surface area contributed by atoms with Gasteiger partial charge in [-0.2, -0.15) is 13.2 Å². The SMILES string of the molecule is CSc1ccc(C(=CC=CC(=O)O)c2ccc(C(F)(F)F)cc2)cc1. The smallest absolute Gasteiger partial charge is 0.416 e. The highest BCUT2D eigenvalue weighted by molar-refractivity contribution is 7.98. The molecule has 0 aliphatic heterocycles. The molecular weight excluding hydrogens is 349 g/mol. The van der Waals surface area contributed by atoms with Crippen molar-refractivity contribution in [3.05, 3.63) is 83.4 Å². The van der Waals surface area contributed by atoms with Crippen molar-refractivity contribution in [1.29, 1.82) is 0 Å². The standard InChI is InChI=1S/C19H15F3O2S/c1-25-16-11-7-14(8-12-16)17(3-2-4-18(23)24)13-5-9-15(10-6-13)19(20,21)22/h2-12H,1H3,(H,23,24). The van der Waals surface area contributed by atoms with Crippen LogP contribution in [-0.4, -0.2) is 17.3 Å². The van der Waals surface area contributed by atoms with Crippen LogP contribution in [0.2, 0.25) is 0 Å². The predicted molar refractivity (Wildman–Crippen MR) is 93.5 cm³/mol. The minimum Gasteiger partial charge on any atom is -0.478 e. The second-order valence-corrected chi connectivity index (χ2v) is 5.96. The summed E-state index contributed by atoms with van der Waals surface area (Å²) >= 11 is 1.58. The molecule has 0 unspecified atom stereocenters. The molecule has 6 heteroatoms. The maximum absolute atomic E-state index is 12.7. The zero-order valence-electron chi connectivity index (χ0n) is 13.2. The molecular formula is C19H15F3O2S. The number of alkyl halides is 3. The van der Waals surface area contributed by atoms with Gasteiger partial charge >= 0.3 is 12.1 Å². The van der Waals surface area contributed by atoms with Gasteiger partial charge in [-0.1, -0.05) is 36.4 Å². The Hall–Kier alpha value is -2.47. The lowest BCUT2D eigenvalue weighted by Crippen LogP contribution is -2.04. The van der Waals surface area contributed by atoms with E-state index < -0.39 is 17.7 Å². The van der Waals surface area contributed by atoms with Gasteiger partial charge in [0, 0.05) is 11.0 Å². The minimum absolute atomic E-state index is 0.569. The van der Waals surface area contributed by atoms with Gasteiger partial charge < -0.3 is 5.11 Å². The molecule has 2 rings (SSSR count).